The molecule has 26 heteroatoms. The summed E-state index contributed by atoms with van der Waals surface area (Å²) >= 11 is 0. The van der Waals surface area contributed by atoms with Crippen molar-refractivity contribution in [3.8, 4) is 5.69 Å². The number of aromatic nitrogens is 2. The second-order valence-corrected chi connectivity index (χ2v) is 16.4. The van der Waals surface area contributed by atoms with Crippen molar-refractivity contribution in [3.05, 3.63) is 87.4 Å². The normalized spacial score (nSPS) is 15.2. The van der Waals surface area contributed by atoms with E-state index in [1.165, 1.54) is 26.1 Å². The van der Waals surface area contributed by atoms with Crippen molar-refractivity contribution in [2.75, 3.05) is 19.1 Å². The van der Waals surface area contributed by atoms with Gasteiger partial charge in [0, 0.05) is 14.1 Å². The van der Waals surface area contributed by atoms with Crippen LogP contribution in [0.2, 0.25) is 0 Å². The average molecular weight is 831 g/mol. The van der Waals surface area contributed by atoms with Crippen LogP contribution < -0.4 is 21.2 Å². The molecule has 288 valence electrons. The third-order valence-electron chi connectivity index (χ3n) is 7.21. The Bertz CT molecular complexity index is 2780. The molecule has 1 aromatic heterocycles. The zero-order valence-corrected chi connectivity index (χ0v) is 30.7. The molecule has 0 atom stereocenters. The summed E-state index contributed by atoms with van der Waals surface area (Å²) in [5.74, 6) is -3.13. The average Bonchev–Trinajstić information content (AvgIpc) is 3.58. The molecule has 2 aromatic carbocycles. The molecule has 0 bridgehead atoms. The molecule has 0 aliphatic carbocycles. The Kier molecular flexibility index (Phi) is 11.2. The van der Waals surface area contributed by atoms with E-state index in [4.69, 9.17) is 0 Å². The summed E-state index contributed by atoms with van der Waals surface area (Å²) in [7, 11) is -17.9. The fourth-order valence-electron chi connectivity index (χ4n) is 4.66. The summed E-state index contributed by atoms with van der Waals surface area (Å²) in [4.78, 5) is 48.7. The zero-order chi connectivity index (χ0) is 40.7. The number of nitrogens with zero attached hydrogens (tertiary/aromatic N) is 3. The van der Waals surface area contributed by atoms with Crippen molar-refractivity contribution in [2.24, 2.45) is 5.10 Å². The number of hydrazone groups is 1. The van der Waals surface area contributed by atoms with Gasteiger partial charge in [0.2, 0.25) is 0 Å². The Morgan fingerprint density at radius 2 is 1.26 bits per heavy atom. The highest BCUT2D eigenvalue weighted by atomic mass is 32.2. The minimum absolute atomic E-state index is 0.166. The summed E-state index contributed by atoms with van der Waals surface area (Å²) in [6, 6.07) is 3.48. The van der Waals surface area contributed by atoms with Crippen molar-refractivity contribution in [2.45, 2.75) is 26.5 Å². The fourth-order valence-corrected chi connectivity index (χ4v) is 6.97. The highest BCUT2D eigenvalue weighted by molar-refractivity contribution is 7.87. The van der Waals surface area contributed by atoms with Gasteiger partial charge in [-0.1, -0.05) is 17.7 Å². The minimum atomic E-state index is -5.15. The highest BCUT2D eigenvalue weighted by Gasteiger charge is 2.37. The fraction of sp³-hybridized carbons (Fsp3) is 0.107. The second-order valence-electron chi connectivity index (χ2n) is 10.7. The number of amides is 3. The van der Waals surface area contributed by atoms with E-state index < -0.39 is 117 Å². The first-order valence-electron chi connectivity index (χ1n) is 14.3. The molecule has 0 fully saturated rings. The predicted octanol–water partition coefficient (Wildman–Crippen LogP) is -0.453. The van der Waals surface area contributed by atoms with Crippen LogP contribution >= 0.6 is 0 Å². The molecule has 22 nitrogen and oxygen atoms in total. The van der Waals surface area contributed by atoms with Gasteiger partial charge in [-0.05, 0) is 55.5 Å². The summed E-state index contributed by atoms with van der Waals surface area (Å²) in [6.07, 6.45) is 4.43. The van der Waals surface area contributed by atoms with Crippen LogP contribution in [-0.4, -0.2) is 99.2 Å². The number of benzene rings is 2. The first kappa shape index (κ1) is 41.2. The summed E-state index contributed by atoms with van der Waals surface area (Å²) in [6.45, 7) is 1.39. The highest BCUT2D eigenvalue weighted by Crippen LogP contribution is 2.33. The molecule has 3 amide bonds. The van der Waals surface area contributed by atoms with E-state index >= 15 is 0 Å². The van der Waals surface area contributed by atoms with Crippen LogP contribution in [0.1, 0.15) is 23.0 Å². The van der Waals surface area contributed by atoms with Gasteiger partial charge in [0.15, 0.2) is 5.71 Å². The number of allylic oxidation sites excluding steroid dienone is 4. The number of hydrogen-bond donors (Lipinski definition) is 7. The van der Waals surface area contributed by atoms with Gasteiger partial charge in [-0.25, -0.2) is 4.68 Å². The number of carbonyl (C=O) groups is 3. The molecule has 54 heavy (non-hydrogen) atoms. The maximum Gasteiger partial charge on any atom is 0.296 e. The lowest BCUT2D eigenvalue weighted by Crippen LogP contribution is -2.28. The molecule has 0 unspecified atom stereocenters. The molecular weight excluding hydrogens is 805 g/mol. The Balaban J connectivity index is 1.84. The Hall–Kier alpha value is -5.61. The van der Waals surface area contributed by atoms with Gasteiger partial charge < -0.3 is 10.6 Å². The maximum absolute atomic E-state index is 13.5. The monoisotopic (exact) mass is 830 g/mol. The van der Waals surface area contributed by atoms with Gasteiger partial charge >= 0.3 is 0 Å². The van der Waals surface area contributed by atoms with E-state index in [2.05, 4.69) is 20.8 Å². The number of aromatic amines is 1. The van der Waals surface area contributed by atoms with Gasteiger partial charge in [0.25, 0.3) is 63.8 Å². The third kappa shape index (κ3) is 8.44. The van der Waals surface area contributed by atoms with Crippen LogP contribution in [0, 0.1) is 0 Å². The lowest BCUT2D eigenvalue weighted by atomic mass is 10.1. The SMILES string of the molecule is CNC(=O)C1=NN(c2cc(S(=O)(=O)O)ccc2S(=O)(=O)O)C(=O)/C1=C/C=C(C)/C=C/c1c(C(=O)NC)[nH]n(-c2cc(S(=O)(=O)O)ccc2S(=O)(=O)O)c1=O. The molecule has 2 heterocycles. The molecule has 1 aliphatic rings. The van der Waals surface area contributed by atoms with Gasteiger partial charge in [-0.15, -0.1) is 0 Å². The van der Waals surface area contributed by atoms with Gasteiger partial charge in [0.05, 0.1) is 32.3 Å². The molecule has 0 saturated heterocycles. The first-order valence-corrected chi connectivity index (χ1v) is 20.0. The van der Waals surface area contributed by atoms with Crippen LogP contribution in [0.25, 0.3) is 11.8 Å². The number of nitrogens with one attached hydrogen (secondary N) is 3. The van der Waals surface area contributed by atoms with E-state index in [1.807, 2.05) is 0 Å². The maximum atomic E-state index is 13.5. The van der Waals surface area contributed by atoms with Crippen molar-refractivity contribution in [3.63, 3.8) is 0 Å². The molecule has 0 radical (unpaired) electrons. The van der Waals surface area contributed by atoms with Gasteiger partial charge in [0.1, 0.15) is 15.5 Å². The molecule has 1 aliphatic heterocycles. The number of hydrogen-bond acceptors (Lipinski definition) is 13. The van der Waals surface area contributed by atoms with Crippen LogP contribution in [0.15, 0.2) is 95.3 Å². The smallest absolute Gasteiger partial charge is 0.296 e. The molecule has 3 aromatic rings. The van der Waals surface area contributed by atoms with E-state index in [1.54, 1.807) is 0 Å². The molecule has 4 rings (SSSR count). The second kappa shape index (κ2) is 14.7. The van der Waals surface area contributed by atoms with E-state index in [0.717, 1.165) is 19.2 Å². The van der Waals surface area contributed by atoms with Crippen molar-refractivity contribution in [1.82, 2.24) is 20.4 Å². The third-order valence-corrected chi connectivity index (χ3v) is 10.7. The topological polar surface area (TPSA) is 346 Å². The van der Waals surface area contributed by atoms with E-state index in [0.29, 0.717) is 46.1 Å². The summed E-state index contributed by atoms with van der Waals surface area (Å²) in [5.41, 5.74) is -4.73. The first-order chi connectivity index (χ1) is 24.8. The van der Waals surface area contributed by atoms with E-state index in [9.17, 15) is 71.1 Å². The summed E-state index contributed by atoms with van der Waals surface area (Å²) in [5, 5.41) is 10.9. The number of carbonyl (C=O) groups excluding carboxylic acids is 3. The summed E-state index contributed by atoms with van der Waals surface area (Å²) < 4.78 is 134. The van der Waals surface area contributed by atoms with Crippen LogP contribution in [0.3, 0.4) is 0 Å². The number of anilines is 1. The minimum Gasteiger partial charge on any atom is -0.354 e. The predicted molar refractivity (Wildman–Crippen MR) is 185 cm³/mol. The molecular formula is C28H26N6O16S4. The van der Waals surface area contributed by atoms with Crippen LogP contribution in [0.4, 0.5) is 5.69 Å². The largest absolute Gasteiger partial charge is 0.354 e. The molecule has 0 saturated carbocycles. The van der Waals surface area contributed by atoms with Crippen molar-refractivity contribution < 1.29 is 66.3 Å². The Labute approximate surface area is 305 Å². The Morgan fingerprint density at radius 3 is 1.74 bits per heavy atom. The molecule has 0 spiro atoms. The lowest BCUT2D eigenvalue weighted by Gasteiger charge is -2.15. The van der Waals surface area contributed by atoms with Crippen molar-refractivity contribution in [1.29, 1.82) is 0 Å². The lowest BCUT2D eigenvalue weighted by molar-refractivity contribution is -0.116. The van der Waals surface area contributed by atoms with Crippen molar-refractivity contribution >= 4 is 75.7 Å². The molecule has 7 N–H and O–H groups in total. The van der Waals surface area contributed by atoms with E-state index in [-0.39, 0.29) is 5.57 Å². The number of rotatable bonds is 11. The quantitative estimate of drug-likeness (QED) is 0.0731. The standard InChI is InChI=1S/C28H26N6O16S4/c1-14(4-8-17-23(25(35)29-2)31-33(27(17)37)19-12-15(51(39,40)41)6-10-21(19)53(45,46)47)5-9-18-24(26(36)30-3)32-34(28(18)38)20-13-16(52(42,43)44)7-11-22(20)54(48,49)50/h4-13,31H,1-3H3,(H,29,35)(H,30,36)(H,39,40,41)(H,42,43,44)(H,45,46,47)(H,48,49,50)/b8-4+,14-5+,18-9+. The number of H-pyrrole nitrogens is 1. The van der Waals surface area contributed by atoms with Crippen LogP contribution in [0.5, 0.6) is 0 Å². The van der Waals surface area contributed by atoms with Gasteiger partial charge in [-0.3, -0.25) is 42.5 Å². The Morgan fingerprint density at radius 1 is 0.759 bits per heavy atom. The van der Waals surface area contributed by atoms with Gasteiger partial charge in [-0.2, -0.15) is 43.8 Å². The van der Waals surface area contributed by atoms with Crippen LogP contribution in [-0.2, 0) is 50.1 Å². The zero-order valence-electron chi connectivity index (χ0n) is 27.4.